The average Bonchev–Trinajstić information content (AvgIpc) is 2.94. The molecule has 0 spiro atoms. The molecule has 1 fully saturated rings. The van der Waals surface area contributed by atoms with Gasteiger partial charge in [0.25, 0.3) is 0 Å². The van der Waals surface area contributed by atoms with E-state index in [1.807, 2.05) is 0 Å². The second kappa shape index (κ2) is 6.29. The zero-order chi connectivity index (χ0) is 15.6. The number of nitrogens with zero attached hydrogens (tertiary/aromatic N) is 1. The van der Waals surface area contributed by atoms with Crippen molar-refractivity contribution < 1.29 is 17.5 Å². The molecule has 2 atom stereocenters. The fraction of sp³-hybridized carbons (Fsp3) is 0.571. The van der Waals surface area contributed by atoms with Crippen LogP contribution in [-0.4, -0.2) is 39.5 Å². The van der Waals surface area contributed by atoms with Gasteiger partial charge in [0.05, 0.1) is 12.0 Å². The van der Waals surface area contributed by atoms with E-state index in [-0.39, 0.29) is 22.6 Å². The first kappa shape index (κ1) is 16.2. The highest BCUT2D eigenvalue weighted by Gasteiger charge is 2.36. The molecule has 2 unspecified atom stereocenters. The van der Waals surface area contributed by atoms with E-state index >= 15 is 0 Å². The lowest BCUT2D eigenvalue weighted by Crippen LogP contribution is -2.41. The molecule has 21 heavy (non-hydrogen) atoms. The largest absolute Gasteiger partial charge is 0.494 e. The molecule has 118 valence electrons. The standard InChI is InChI=1S/C14H21FN2O3S/c1-17(13-5-3-4-10(13)9-16)21(18,19)11-6-7-14(20-2)12(15)8-11/h6-8,10,13H,3-5,9,16H2,1-2H3. The maximum Gasteiger partial charge on any atom is 0.243 e. The lowest BCUT2D eigenvalue weighted by Gasteiger charge is -2.28. The van der Waals surface area contributed by atoms with Crippen LogP contribution in [0.3, 0.4) is 0 Å². The number of nitrogens with two attached hydrogens (primary N) is 1. The van der Waals surface area contributed by atoms with E-state index in [1.54, 1.807) is 0 Å². The van der Waals surface area contributed by atoms with Crippen LogP contribution in [0.2, 0.25) is 0 Å². The summed E-state index contributed by atoms with van der Waals surface area (Å²) in [4.78, 5) is -0.0639. The third-order valence-electron chi connectivity index (χ3n) is 4.19. The molecule has 1 saturated carbocycles. The van der Waals surface area contributed by atoms with Gasteiger partial charge in [-0.05, 0) is 43.5 Å². The first-order valence-electron chi connectivity index (χ1n) is 6.93. The molecule has 0 aliphatic heterocycles. The van der Waals surface area contributed by atoms with Gasteiger partial charge in [-0.3, -0.25) is 0 Å². The fourth-order valence-corrected chi connectivity index (χ4v) is 4.38. The second-order valence-electron chi connectivity index (χ2n) is 5.31. The molecule has 2 rings (SSSR count). The van der Waals surface area contributed by atoms with Crippen LogP contribution >= 0.6 is 0 Å². The summed E-state index contributed by atoms with van der Waals surface area (Å²) < 4.78 is 45.1. The van der Waals surface area contributed by atoms with E-state index < -0.39 is 15.8 Å². The van der Waals surface area contributed by atoms with Gasteiger partial charge in [0.15, 0.2) is 11.6 Å². The average molecular weight is 316 g/mol. The molecular formula is C14H21FN2O3S. The van der Waals surface area contributed by atoms with Crippen molar-refractivity contribution in [1.29, 1.82) is 0 Å². The Labute approximate surface area is 124 Å². The zero-order valence-corrected chi connectivity index (χ0v) is 13.1. The molecule has 5 nitrogen and oxygen atoms in total. The molecule has 0 aromatic heterocycles. The Bertz CT molecular complexity index is 606. The smallest absolute Gasteiger partial charge is 0.243 e. The van der Waals surface area contributed by atoms with E-state index in [0.717, 1.165) is 25.3 Å². The molecule has 0 amide bonds. The Morgan fingerprint density at radius 1 is 1.43 bits per heavy atom. The van der Waals surface area contributed by atoms with Crippen LogP contribution in [0.4, 0.5) is 4.39 Å². The maximum absolute atomic E-state index is 13.7. The van der Waals surface area contributed by atoms with Crippen molar-refractivity contribution in [2.24, 2.45) is 11.7 Å². The summed E-state index contributed by atoms with van der Waals surface area (Å²) in [5.74, 6) is -0.501. The van der Waals surface area contributed by atoms with Gasteiger partial charge < -0.3 is 10.5 Å². The highest BCUT2D eigenvalue weighted by Crippen LogP contribution is 2.32. The summed E-state index contributed by atoms with van der Waals surface area (Å²) in [6, 6.07) is 3.56. The minimum atomic E-state index is -3.73. The Balaban J connectivity index is 2.31. The molecular weight excluding hydrogens is 295 g/mol. The number of rotatable bonds is 5. The van der Waals surface area contributed by atoms with Crippen LogP contribution in [0, 0.1) is 11.7 Å². The van der Waals surface area contributed by atoms with E-state index in [0.29, 0.717) is 6.54 Å². The number of hydrogen-bond acceptors (Lipinski definition) is 4. The molecule has 1 aromatic rings. The number of sulfonamides is 1. The van der Waals surface area contributed by atoms with Gasteiger partial charge in [-0.1, -0.05) is 6.42 Å². The normalized spacial score (nSPS) is 22.7. The minimum Gasteiger partial charge on any atom is -0.494 e. The molecule has 0 saturated heterocycles. The molecule has 1 aromatic carbocycles. The van der Waals surface area contributed by atoms with Gasteiger partial charge in [0, 0.05) is 13.1 Å². The van der Waals surface area contributed by atoms with Crippen molar-refractivity contribution in [3.63, 3.8) is 0 Å². The molecule has 0 radical (unpaired) electrons. The van der Waals surface area contributed by atoms with Crippen LogP contribution in [0.1, 0.15) is 19.3 Å². The fourth-order valence-electron chi connectivity index (χ4n) is 2.92. The third-order valence-corrected chi connectivity index (χ3v) is 6.07. The Kier molecular flexibility index (Phi) is 4.85. The van der Waals surface area contributed by atoms with E-state index in [1.165, 1.54) is 30.6 Å². The van der Waals surface area contributed by atoms with E-state index in [4.69, 9.17) is 10.5 Å². The first-order chi connectivity index (χ1) is 9.91. The van der Waals surface area contributed by atoms with Gasteiger partial charge in [0.1, 0.15) is 0 Å². The lowest BCUT2D eigenvalue weighted by molar-refractivity contribution is 0.304. The maximum atomic E-state index is 13.7. The molecule has 0 bridgehead atoms. The van der Waals surface area contributed by atoms with E-state index in [9.17, 15) is 12.8 Å². The van der Waals surface area contributed by atoms with Gasteiger partial charge in [0.2, 0.25) is 10.0 Å². The van der Waals surface area contributed by atoms with Crippen molar-refractivity contribution in [2.75, 3.05) is 20.7 Å². The Morgan fingerprint density at radius 2 is 2.14 bits per heavy atom. The summed E-state index contributed by atoms with van der Waals surface area (Å²) in [6.07, 6.45) is 2.68. The number of benzene rings is 1. The van der Waals surface area contributed by atoms with Gasteiger partial charge in [-0.2, -0.15) is 4.31 Å². The molecule has 2 N–H and O–H groups in total. The third kappa shape index (κ3) is 3.04. The van der Waals surface area contributed by atoms with E-state index in [2.05, 4.69) is 0 Å². The predicted octanol–water partition coefficient (Wildman–Crippen LogP) is 1.58. The highest BCUT2D eigenvalue weighted by molar-refractivity contribution is 7.89. The Hall–Kier alpha value is -1.18. The lowest BCUT2D eigenvalue weighted by atomic mass is 10.0. The molecule has 0 heterocycles. The second-order valence-corrected chi connectivity index (χ2v) is 7.31. The summed E-state index contributed by atoms with van der Waals surface area (Å²) >= 11 is 0. The van der Waals surface area contributed by atoms with Crippen LogP contribution in [0.5, 0.6) is 5.75 Å². The molecule has 1 aliphatic carbocycles. The van der Waals surface area contributed by atoms with Crippen molar-refractivity contribution in [1.82, 2.24) is 4.31 Å². The Morgan fingerprint density at radius 3 is 2.71 bits per heavy atom. The summed E-state index contributed by atoms with van der Waals surface area (Å²) in [5.41, 5.74) is 5.71. The SMILES string of the molecule is COc1ccc(S(=O)(=O)N(C)C2CCCC2CN)cc1F. The number of methoxy groups -OCH3 is 1. The summed E-state index contributed by atoms with van der Waals surface area (Å²) in [7, 11) is -0.856. The van der Waals surface area contributed by atoms with Crippen LogP contribution < -0.4 is 10.5 Å². The van der Waals surface area contributed by atoms with Crippen molar-refractivity contribution in [3.05, 3.63) is 24.0 Å². The number of halogens is 1. The van der Waals surface area contributed by atoms with Crippen molar-refractivity contribution in [2.45, 2.75) is 30.2 Å². The topological polar surface area (TPSA) is 72.6 Å². The van der Waals surface area contributed by atoms with Crippen LogP contribution in [0.25, 0.3) is 0 Å². The summed E-state index contributed by atoms with van der Waals surface area (Å²) in [5, 5.41) is 0. The number of hydrogen-bond donors (Lipinski definition) is 1. The van der Waals surface area contributed by atoms with Gasteiger partial charge >= 0.3 is 0 Å². The van der Waals surface area contributed by atoms with Crippen molar-refractivity contribution in [3.8, 4) is 5.75 Å². The highest BCUT2D eigenvalue weighted by atomic mass is 32.2. The van der Waals surface area contributed by atoms with Crippen molar-refractivity contribution >= 4 is 10.0 Å². The monoisotopic (exact) mass is 316 g/mol. The van der Waals surface area contributed by atoms with Crippen LogP contribution in [0.15, 0.2) is 23.1 Å². The van der Waals surface area contributed by atoms with Crippen LogP contribution in [-0.2, 0) is 10.0 Å². The molecule has 7 heteroatoms. The first-order valence-corrected chi connectivity index (χ1v) is 8.37. The number of ether oxygens (including phenoxy) is 1. The van der Waals surface area contributed by atoms with Gasteiger partial charge in [-0.25, -0.2) is 12.8 Å². The zero-order valence-electron chi connectivity index (χ0n) is 12.3. The molecule has 1 aliphatic rings. The quantitative estimate of drug-likeness (QED) is 0.895. The van der Waals surface area contributed by atoms with Gasteiger partial charge in [-0.15, -0.1) is 0 Å². The summed E-state index contributed by atoms with van der Waals surface area (Å²) in [6.45, 7) is 0.460. The minimum absolute atomic E-state index is 0.0253. The predicted molar refractivity (Wildman–Crippen MR) is 78.1 cm³/mol.